The van der Waals surface area contributed by atoms with Crippen molar-refractivity contribution in [2.45, 2.75) is 13.3 Å². The van der Waals surface area contributed by atoms with Gasteiger partial charge in [-0.1, -0.05) is 12.1 Å². The fourth-order valence-corrected chi connectivity index (χ4v) is 3.47. The van der Waals surface area contributed by atoms with Gasteiger partial charge >= 0.3 is 6.36 Å². The third-order valence-corrected chi connectivity index (χ3v) is 4.72. The van der Waals surface area contributed by atoms with Crippen LogP contribution < -0.4 is 14.8 Å². The molecule has 0 atom stereocenters. The number of aromatic nitrogens is 2. The first-order valence-electron chi connectivity index (χ1n) is 7.94. The number of benzene rings is 2. The molecule has 0 radical (unpaired) electrons. The highest BCUT2D eigenvalue weighted by Crippen LogP contribution is 2.29. The molecule has 10 heteroatoms. The minimum atomic E-state index is -4.71. The molecule has 0 amide bonds. The molecule has 1 aromatic heterocycles. The summed E-state index contributed by atoms with van der Waals surface area (Å²) in [4.78, 5) is 8.60. The number of rotatable bonds is 6. The van der Waals surface area contributed by atoms with Crippen molar-refractivity contribution in [1.29, 1.82) is 0 Å². The molecule has 0 bridgehead atoms. The van der Waals surface area contributed by atoms with Crippen LogP contribution in [0.25, 0.3) is 11.3 Å². The van der Waals surface area contributed by atoms with Crippen LogP contribution in [0.3, 0.4) is 0 Å². The van der Waals surface area contributed by atoms with Gasteiger partial charge in [0, 0.05) is 52.8 Å². The average Bonchev–Trinajstić information content (AvgIpc) is 2.65. The Morgan fingerprint density at radius 3 is 2.21 bits per heavy atom. The maximum absolute atomic E-state index is 12.3. The van der Waals surface area contributed by atoms with Gasteiger partial charge in [0.15, 0.2) is 0 Å². The highest BCUT2D eigenvalue weighted by Gasteiger charge is 2.30. The standard InChI is InChI=1S/C18H14F3IN4OS/c1-11-16(12-2-4-14(5-3-12)26-28-22)23-10-24-17(11)25-13-6-8-15(9-7-13)27-18(19,20)21/h2-10,26H,1H3,(H,23,24,25). The molecule has 146 valence electrons. The summed E-state index contributed by atoms with van der Waals surface area (Å²) in [5, 5.41) is 3.10. The fraction of sp³-hybridized carbons (Fsp3) is 0.111. The first kappa shape index (κ1) is 20.5. The molecule has 2 N–H and O–H groups in total. The molecule has 3 rings (SSSR count). The Bertz CT molecular complexity index is 937. The molecule has 0 saturated heterocycles. The molecule has 0 aliphatic heterocycles. The monoisotopic (exact) mass is 518 g/mol. The Labute approximate surface area is 175 Å². The topological polar surface area (TPSA) is 59.1 Å². The predicted octanol–water partition coefficient (Wildman–Crippen LogP) is 6.50. The summed E-state index contributed by atoms with van der Waals surface area (Å²) < 4.78 is 43.8. The number of hydrogen-bond acceptors (Lipinski definition) is 6. The molecule has 0 unspecified atom stereocenters. The zero-order chi connectivity index (χ0) is 20.1. The Balaban J connectivity index is 1.79. The lowest BCUT2D eigenvalue weighted by Crippen LogP contribution is -2.17. The molecular weight excluding hydrogens is 504 g/mol. The van der Waals surface area contributed by atoms with Crippen molar-refractivity contribution in [2.24, 2.45) is 0 Å². The smallest absolute Gasteiger partial charge is 0.406 e. The summed E-state index contributed by atoms with van der Waals surface area (Å²) in [6.45, 7) is 1.88. The van der Waals surface area contributed by atoms with Crippen molar-refractivity contribution in [3.05, 3.63) is 60.4 Å². The fourth-order valence-electron chi connectivity index (χ4n) is 2.48. The predicted molar refractivity (Wildman–Crippen MR) is 114 cm³/mol. The SMILES string of the molecule is Cc1c(Nc2ccc(OC(F)(F)F)cc2)ncnc1-c1ccc(NSI)cc1. The highest BCUT2D eigenvalue weighted by molar-refractivity contribution is 14.2. The van der Waals surface area contributed by atoms with Crippen LogP contribution in [0.2, 0.25) is 0 Å². The lowest BCUT2D eigenvalue weighted by Gasteiger charge is -2.13. The van der Waals surface area contributed by atoms with E-state index in [1.54, 1.807) is 0 Å². The molecular formula is C18H14F3IN4OS. The Kier molecular flexibility index (Phi) is 6.50. The molecule has 0 aliphatic carbocycles. The van der Waals surface area contributed by atoms with Crippen LogP contribution in [0.15, 0.2) is 54.9 Å². The molecule has 0 fully saturated rings. The van der Waals surface area contributed by atoms with Gasteiger partial charge in [-0.25, -0.2) is 9.97 Å². The van der Waals surface area contributed by atoms with E-state index in [1.165, 1.54) is 39.7 Å². The second-order valence-corrected chi connectivity index (χ2v) is 7.33. The summed E-state index contributed by atoms with van der Waals surface area (Å²) in [6.07, 6.45) is -3.27. The number of halogens is 4. The Morgan fingerprint density at radius 1 is 0.964 bits per heavy atom. The lowest BCUT2D eigenvalue weighted by molar-refractivity contribution is -0.274. The number of nitrogens with zero attached hydrogens (tertiary/aromatic N) is 2. The van der Waals surface area contributed by atoms with Gasteiger partial charge < -0.3 is 14.8 Å². The van der Waals surface area contributed by atoms with Gasteiger partial charge in [0.25, 0.3) is 0 Å². The zero-order valence-electron chi connectivity index (χ0n) is 14.4. The van der Waals surface area contributed by atoms with Crippen LogP contribution in [0, 0.1) is 6.92 Å². The molecule has 0 saturated carbocycles. The van der Waals surface area contributed by atoms with E-state index in [2.05, 4.69) is 45.9 Å². The van der Waals surface area contributed by atoms with Crippen LogP contribution in [-0.4, -0.2) is 16.3 Å². The van der Waals surface area contributed by atoms with E-state index in [-0.39, 0.29) is 5.75 Å². The van der Waals surface area contributed by atoms with Crippen molar-refractivity contribution in [3.63, 3.8) is 0 Å². The van der Waals surface area contributed by atoms with E-state index in [1.807, 2.05) is 31.2 Å². The third kappa shape index (κ3) is 5.41. The minimum Gasteiger partial charge on any atom is -0.406 e. The summed E-state index contributed by atoms with van der Waals surface area (Å²) in [5.74, 6) is 0.288. The van der Waals surface area contributed by atoms with Crippen molar-refractivity contribution in [3.8, 4) is 17.0 Å². The highest BCUT2D eigenvalue weighted by atomic mass is 127. The van der Waals surface area contributed by atoms with E-state index in [0.717, 1.165) is 22.5 Å². The number of hydrogen-bond donors (Lipinski definition) is 2. The first-order chi connectivity index (χ1) is 13.4. The first-order valence-corrected chi connectivity index (χ1v) is 11.3. The van der Waals surface area contributed by atoms with E-state index in [0.29, 0.717) is 11.5 Å². The second-order valence-electron chi connectivity index (χ2n) is 5.65. The maximum atomic E-state index is 12.3. The molecule has 0 spiro atoms. The number of nitrogens with one attached hydrogen (secondary N) is 2. The molecule has 1 heterocycles. The molecule has 3 aromatic rings. The van der Waals surface area contributed by atoms with Crippen LogP contribution in [0.1, 0.15) is 5.56 Å². The van der Waals surface area contributed by atoms with Crippen molar-refractivity contribution in [1.82, 2.24) is 9.97 Å². The second kappa shape index (κ2) is 8.86. The van der Waals surface area contributed by atoms with E-state index in [9.17, 15) is 13.2 Å². The summed E-state index contributed by atoms with van der Waals surface area (Å²) >= 11 is 2.15. The summed E-state index contributed by atoms with van der Waals surface area (Å²) in [5.41, 5.74) is 4.08. The Morgan fingerprint density at radius 2 is 1.61 bits per heavy atom. The quantitative estimate of drug-likeness (QED) is 0.287. The van der Waals surface area contributed by atoms with Gasteiger partial charge in [-0.15, -0.1) is 13.2 Å². The van der Waals surface area contributed by atoms with Gasteiger partial charge in [-0.3, -0.25) is 0 Å². The van der Waals surface area contributed by atoms with E-state index >= 15 is 0 Å². The van der Waals surface area contributed by atoms with Gasteiger partial charge in [-0.05, 0) is 43.3 Å². The van der Waals surface area contributed by atoms with E-state index < -0.39 is 6.36 Å². The minimum absolute atomic E-state index is 0.281. The van der Waals surface area contributed by atoms with Gasteiger partial charge in [0.2, 0.25) is 0 Å². The Hall–Kier alpha value is -2.21. The van der Waals surface area contributed by atoms with Crippen LogP contribution >= 0.6 is 30.3 Å². The summed E-state index contributed by atoms with van der Waals surface area (Å²) in [7, 11) is 1.48. The largest absolute Gasteiger partial charge is 0.573 e. The molecule has 28 heavy (non-hydrogen) atoms. The van der Waals surface area contributed by atoms with Crippen LogP contribution in [0.5, 0.6) is 5.75 Å². The van der Waals surface area contributed by atoms with Crippen molar-refractivity contribution < 1.29 is 17.9 Å². The van der Waals surface area contributed by atoms with Gasteiger partial charge in [-0.2, -0.15) is 0 Å². The average molecular weight is 518 g/mol. The van der Waals surface area contributed by atoms with Crippen LogP contribution in [-0.2, 0) is 0 Å². The lowest BCUT2D eigenvalue weighted by atomic mass is 10.1. The molecule has 0 aliphatic rings. The van der Waals surface area contributed by atoms with E-state index in [4.69, 9.17) is 0 Å². The zero-order valence-corrected chi connectivity index (χ0v) is 17.4. The van der Waals surface area contributed by atoms with Crippen molar-refractivity contribution >= 4 is 47.5 Å². The maximum Gasteiger partial charge on any atom is 0.573 e. The number of ether oxygens (including phenoxy) is 1. The number of anilines is 3. The summed E-state index contributed by atoms with van der Waals surface area (Å²) in [6, 6.07) is 13.3. The van der Waals surface area contributed by atoms with Gasteiger partial charge in [0.1, 0.15) is 17.9 Å². The third-order valence-electron chi connectivity index (χ3n) is 3.75. The normalized spacial score (nSPS) is 11.2. The molecule has 2 aromatic carbocycles. The van der Waals surface area contributed by atoms with Gasteiger partial charge in [0.05, 0.1) is 5.69 Å². The van der Waals surface area contributed by atoms with Crippen LogP contribution in [0.4, 0.5) is 30.4 Å². The number of alkyl halides is 3. The molecule has 5 nitrogen and oxygen atoms in total. The van der Waals surface area contributed by atoms with Crippen molar-refractivity contribution in [2.75, 3.05) is 10.0 Å².